The van der Waals surface area contributed by atoms with Crippen molar-refractivity contribution in [1.29, 1.82) is 0 Å². The number of nitrogens with zero attached hydrogens (tertiary/aromatic N) is 3. The zero-order valence-corrected chi connectivity index (χ0v) is 10.6. The number of carbonyl (C=O) groups is 2. The fraction of sp³-hybridized carbons (Fsp3) is 0.500. The molecule has 0 atom stereocenters. The first-order valence-corrected chi connectivity index (χ1v) is 5.89. The molecule has 0 saturated carbocycles. The maximum absolute atomic E-state index is 12.1. The molecule has 0 bridgehead atoms. The Labute approximate surface area is 106 Å². The lowest BCUT2D eigenvalue weighted by Crippen LogP contribution is -2.37. The van der Waals surface area contributed by atoms with Gasteiger partial charge in [0, 0.05) is 18.9 Å². The Balaban J connectivity index is 2.72. The van der Waals surface area contributed by atoms with E-state index in [1.165, 1.54) is 23.6 Å². The highest BCUT2D eigenvalue weighted by Crippen LogP contribution is 2.03. The van der Waals surface area contributed by atoms with Crippen molar-refractivity contribution in [1.82, 2.24) is 14.9 Å². The van der Waals surface area contributed by atoms with E-state index in [9.17, 15) is 9.59 Å². The molecular formula is C12H17N3O3. The number of rotatable bonds is 6. The number of hydrogen-bond acceptors (Lipinski definition) is 5. The molecule has 1 rings (SSSR count). The average Bonchev–Trinajstić information content (AvgIpc) is 2.39. The number of amides is 1. The lowest BCUT2D eigenvalue weighted by Gasteiger charge is -2.20. The Morgan fingerprint density at radius 2 is 1.94 bits per heavy atom. The van der Waals surface area contributed by atoms with Crippen molar-refractivity contribution in [3.05, 3.63) is 24.3 Å². The molecule has 98 valence electrons. The predicted octanol–water partition coefficient (Wildman–Crippen LogP) is 0.892. The predicted molar refractivity (Wildman–Crippen MR) is 64.9 cm³/mol. The Kier molecular flexibility index (Phi) is 5.76. The van der Waals surface area contributed by atoms with Crippen LogP contribution < -0.4 is 0 Å². The van der Waals surface area contributed by atoms with E-state index in [4.69, 9.17) is 4.74 Å². The molecule has 0 aliphatic carbocycles. The van der Waals surface area contributed by atoms with Crippen LogP contribution in [-0.4, -0.2) is 46.4 Å². The molecule has 0 spiro atoms. The standard InChI is InChI=1S/C12H17N3O3/c1-3-5-15(8-11(16)18-4-2)12(17)10-6-13-9-14-7-10/h6-7,9H,3-5,8H2,1-2H3. The molecule has 0 unspecified atom stereocenters. The highest BCUT2D eigenvalue weighted by molar-refractivity contribution is 5.95. The summed E-state index contributed by atoms with van der Waals surface area (Å²) in [5, 5.41) is 0. The third-order valence-electron chi connectivity index (χ3n) is 2.21. The van der Waals surface area contributed by atoms with Crippen molar-refractivity contribution in [3.63, 3.8) is 0 Å². The summed E-state index contributed by atoms with van der Waals surface area (Å²) < 4.78 is 4.84. The number of carbonyl (C=O) groups excluding carboxylic acids is 2. The molecular weight excluding hydrogens is 234 g/mol. The summed E-state index contributed by atoms with van der Waals surface area (Å²) in [6, 6.07) is 0. The number of aromatic nitrogens is 2. The lowest BCUT2D eigenvalue weighted by atomic mass is 10.2. The number of esters is 1. The monoisotopic (exact) mass is 251 g/mol. The second-order valence-electron chi connectivity index (χ2n) is 3.66. The number of ether oxygens (including phenoxy) is 1. The summed E-state index contributed by atoms with van der Waals surface area (Å²) in [4.78, 5) is 32.5. The first-order valence-electron chi connectivity index (χ1n) is 5.89. The van der Waals surface area contributed by atoms with Gasteiger partial charge in [0.25, 0.3) is 5.91 Å². The largest absolute Gasteiger partial charge is 0.465 e. The Hall–Kier alpha value is -1.98. The molecule has 18 heavy (non-hydrogen) atoms. The Morgan fingerprint density at radius 3 is 2.50 bits per heavy atom. The second kappa shape index (κ2) is 7.37. The zero-order chi connectivity index (χ0) is 13.4. The molecule has 0 N–H and O–H groups in total. The third kappa shape index (κ3) is 4.12. The quantitative estimate of drug-likeness (QED) is 0.702. The van der Waals surface area contributed by atoms with Crippen molar-refractivity contribution in [2.24, 2.45) is 0 Å². The van der Waals surface area contributed by atoms with Gasteiger partial charge in [0.05, 0.1) is 12.2 Å². The van der Waals surface area contributed by atoms with Crippen molar-refractivity contribution in [2.45, 2.75) is 20.3 Å². The normalized spacial score (nSPS) is 9.89. The first kappa shape index (κ1) is 14.1. The molecule has 6 nitrogen and oxygen atoms in total. The van der Waals surface area contributed by atoms with Crippen LogP contribution in [0.5, 0.6) is 0 Å². The van der Waals surface area contributed by atoms with Gasteiger partial charge in [0.15, 0.2) is 0 Å². The van der Waals surface area contributed by atoms with Gasteiger partial charge in [-0.15, -0.1) is 0 Å². The summed E-state index contributed by atoms with van der Waals surface area (Å²) in [7, 11) is 0. The molecule has 1 amide bonds. The van der Waals surface area contributed by atoms with Crippen molar-refractivity contribution < 1.29 is 14.3 Å². The van der Waals surface area contributed by atoms with Crippen LogP contribution in [-0.2, 0) is 9.53 Å². The minimum atomic E-state index is -0.406. The summed E-state index contributed by atoms with van der Waals surface area (Å²) >= 11 is 0. The van der Waals surface area contributed by atoms with E-state index < -0.39 is 5.97 Å². The van der Waals surface area contributed by atoms with Crippen molar-refractivity contribution in [2.75, 3.05) is 19.7 Å². The minimum absolute atomic E-state index is 0.0462. The summed E-state index contributed by atoms with van der Waals surface area (Å²) in [6.07, 6.45) is 4.98. The molecule has 6 heteroatoms. The molecule has 0 aromatic carbocycles. The van der Waals surface area contributed by atoms with Gasteiger partial charge in [-0.05, 0) is 13.3 Å². The van der Waals surface area contributed by atoms with Gasteiger partial charge in [-0.2, -0.15) is 0 Å². The van der Waals surface area contributed by atoms with E-state index in [1.54, 1.807) is 6.92 Å². The van der Waals surface area contributed by atoms with Gasteiger partial charge in [-0.1, -0.05) is 6.92 Å². The Bertz CT molecular complexity index is 395. The maximum atomic E-state index is 12.1. The summed E-state index contributed by atoms with van der Waals surface area (Å²) in [6.45, 7) is 4.42. The van der Waals surface area contributed by atoms with E-state index in [0.717, 1.165) is 6.42 Å². The Morgan fingerprint density at radius 1 is 1.28 bits per heavy atom. The molecule has 1 aromatic rings. The molecule has 0 aliphatic rings. The first-order chi connectivity index (χ1) is 8.69. The molecule has 1 heterocycles. The van der Waals surface area contributed by atoms with Gasteiger partial charge in [0.1, 0.15) is 12.9 Å². The van der Waals surface area contributed by atoms with E-state index in [2.05, 4.69) is 9.97 Å². The minimum Gasteiger partial charge on any atom is -0.465 e. The van der Waals surface area contributed by atoms with E-state index >= 15 is 0 Å². The van der Waals surface area contributed by atoms with Crippen LogP contribution in [0.2, 0.25) is 0 Å². The van der Waals surface area contributed by atoms with E-state index in [-0.39, 0.29) is 12.5 Å². The molecule has 0 radical (unpaired) electrons. The smallest absolute Gasteiger partial charge is 0.325 e. The summed E-state index contributed by atoms with van der Waals surface area (Å²) in [5.41, 5.74) is 0.371. The second-order valence-corrected chi connectivity index (χ2v) is 3.66. The SMILES string of the molecule is CCCN(CC(=O)OCC)C(=O)c1cncnc1. The topological polar surface area (TPSA) is 72.4 Å². The fourth-order valence-electron chi connectivity index (χ4n) is 1.48. The highest BCUT2D eigenvalue weighted by atomic mass is 16.5. The molecule has 1 aromatic heterocycles. The highest BCUT2D eigenvalue weighted by Gasteiger charge is 2.18. The van der Waals surface area contributed by atoms with Gasteiger partial charge in [0.2, 0.25) is 0 Å². The van der Waals surface area contributed by atoms with Crippen LogP contribution in [0.25, 0.3) is 0 Å². The van der Waals surface area contributed by atoms with Crippen molar-refractivity contribution in [3.8, 4) is 0 Å². The van der Waals surface area contributed by atoms with Gasteiger partial charge in [-0.3, -0.25) is 9.59 Å². The summed E-state index contributed by atoms with van der Waals surface area (Å²) in [5.74, 6) is -0.665. The van der Waals surface area contributed by atoms with Gasteiger partial charge in [-0.25, -0.2) is 9.97 Å². The average molecular weight is 251 g/mol. The van der Waals surface area contributed by atoms with Gasteiger partial charge >= 0.3 is 5.97 Å². The van der Waals surface area contributed by atoms with E-state index in [0.29, 0.717) is 18.7 Å². The molecule has 0 saturated heterocycles. The molecule has 0 fully saturated rings. The van der Waals surface area contributed by atoms with Crippen LogP contribution in [0.1, 0.15) is 30.6 Å². The van der Waals surface area contributed by atoms with Crippen LogP contribution >= 0.6 is 0 Å². The third-order valence-corrected chi connectivity index (χ3v) is 2.21. The maximum Gasteiger partial charge on any atom is 0.325 e. The zero-order valence-electron chi connectivity index (χ0n) is 10.6. The van der Waals surface area contributed by atoms with Crippen LogP contribution in [0, 0.1) is 0 Å². The number of hydrogen-bond donors (Lipinski definition) is 0. The van der Waals surface area contributed by atoms with Crippen LogP contribution in [0.15, 0.2) is 18.7 Å². The lowest BCUT2D eigenvalue weighted by molar-refractivity contribution is -0.143. The van der Waals surface area contributed by atoms with Crippen LogP contribution in [0.3, 0.4) is 0 Å². The molecule has 0 aliphatic heterocycles. The van der Waals surface area contributed by atoms with Gasteiger partial charge < -0.3 is 9.64 Å². The van der Waals surface area contributed by atoms with Crippen molar-refractivity contribution >= 4 is 11.9 Å². The fourth-order valence-corrected chi connectivity index (χ4v) is 1.48. The van der Waals surface area contributed by atoms with Crippen LogP contribution in [0.4, 0.5) is 0 Å². The van der Waals surface area contributed by atoms with E-state index in [1.807, 2.05) is 6.92 Å².